The zero-order chi connectivity index (χ0) is 21.5. The second-order valence-electron chi connectivity index (χ2n) is 9.07. The lowest BCUT2D eigenvalue weighted by Gasteiger charge is -2.24. The highest BCUT2D eigenvalue weighted by Gasteiger charge is 2.75. The van der Waals surface area contributed by atoms with Gasteiger partial charge in [-0.05, 0) is 51.1 Å². The fourth-order valence-electron chi connectivity index (χ4n) is 5.46. The minimum atomic E-state index is -2.63. The summed E-state index contributed by atoms with van der Waals surface area (Å²) < 4.78 is 33.0. The van der Waals surface area contributed by atoms with Crippen LogP contribution in [0.4, 0.5) is 0 Å². The molecule has 3 aliphatic rings. The molecule has 0 bridgehead atoms. The van der Waals surface area contributed by atoms with Gasteiger partial charge in [0.2, 0.25) is 5.28 Å². The van der Waals surface area contributed by atoms with E-state index in [1.165, 1.54) is 0 Å². The molecule has 0 amide bonds. The number of rotatable bonds is 6. The van der Waals surface area contributed by atoms with Gasteiger partial charge in [-0.1, -0.05) is 11.6 Å². The smallest absolute Gasteiger partial charge is 0.225 e. The first-order valence-electron chi connectivity index (χ1n) is 10.2. The Labute approximate surface area is 185 Å². The highest BCUT2D eigenvalue weighted by Crippen LogP contribution is 2.74. The molecule has 30 heavy (non-hydrogen) atoms. The summed E-state index contributed by atoms with van der Waals surface area (Å²) in [5.41, 5.74) is 1.02. The van der Waals surface area contributed by atoms with E-state index in [2.05, 4.69) is 15.0 Å². The maximum atomic E-state index is 12.8. The van der Waals surface area contributed by atoms with Crippen LogP contribution in [-0.4, -0.2) is 56.9 Å². The third-order valence-corrected chi connectivity index (χ3v) is 8.95. The molecule has 0 N–H and O–H groups in total. The van der Waals surface area contributed by atoms with Crippen LogP contribution in [0.1, 0.15) is 39.7 Å². The molecule has 3 fully saturated rings. The van der Waals surface area contributed by atoms with Gasteiger partial charge in [-0.3, -0.25) is 4.57 Å². The third kappa shape index (κ3) is 3.23. The molecule has 2 aromatic heterocycles. The lowest BCUT2D eigenvalue weighted by molar-refractivity contribution is -0.161. The normalized spacial score (nSPS) is 35.9. The van der Waals surface area contributed by atoms with Crippen LogP contribution in [0.15, 0.2) is 6.33 Å². The molecule has 1 saturated heterocycles. The molecule has 0 spiro atoms. The molecule has 2 aromatic rings. The predicted octanol–water partition coefficient (Wildman–Crippen LogP) is 4.55. The van der Waals surface area contributed by atoms with Crippen LogP contribution < -0.4 is 0 Å². The summed E-state index contributed by atoms with van der Waals surface area (Å²) in [5.74, 6) is -0.389. The van der Waals surface area contributed by atoms with Crippen molar-refractivity contribution in [1.29, 1.82) is 0 Å². The Balaban J connectivity index is 1.51. The van der Waals surface area contributed by atoms with Crippen molar-refractivity contribution in [3.8, 4) is 0 Å². The second kappa shape index (κ2) is 6.87. The summed E-state index contributed by atoms with van der Waals surface area (Å²) in [4.78, 5) is 12.8. The Morgan fingerprint density at radius 2 is 2.10 bits per heavy atom. The quantitative estimate of drug-likeness (QED) is 0.344. The molecular weight excluding hydrogens is 450 g/mol. The van der Waals surface area contributed by atoms with Gasteiger partial charge in [0.05, 0.1) is 25.1 Å². The van der Waals surface area contributed by atoms with Gasteiger partial charge in [0.25, 0.3) is 0 Å². The summed E-state index contributed by atoms with van der Waals surface area (Å²) in [6, 6.07) is -0.0212. The number of aromatic nitrogens is 4. The Morgan fingerprint density at radius 1 is 1.33 bits per heavy atom. The molecule has 5 rings (SSSR count). The molecule has 1 aliphatic heterocycles. The van der Waals surface area contributed by atoms with E-state index in [1.54, 1.807) is 13.0 Å². The molecular formula is C19H25Cl2N4O4P. The largest absolute Gasteiger partial charge is 0.344 e. The number of imidazole rings is 1. The van der Waals surface area contributed by atoms with Crippen molar-refractivity contribution >= 4 is 41.7 Å². The van der Waals surface area contributed by atoms with Gasteiger partial charge in [0.15, 0.2) is 24.0 Å². The number of hydrogen-bond donors (Lipinski definition) is 0. The highest BCUT2D eigenvalue weighted by atomic mass is 35.5. The third-order valence-electron chi connectivity index (χ3n) is 6.68. The molecule has 164 valence electrons. The van der Waals surface area contributed by atoms with E-state index >= 15 is 0 Å². The van der Waals surface area contributed by atoms with Crippen molar-refractivity contribution in [1.82, 2.24) is 19.5 Å². The summed E-state index contributed by atoms with van der Waals surface area (Å²) in [5, 5.41) is 0.311. The van der Waals surface area contributed by atoms with Crippen molar-refractivity contribution in [2.45, 2.75) is 57.6 Å². The molecule has 3 heterocycles. The van der Waals surface area contributed by atoms with Gasteiger partial charge in [0.1, 0.15) is 11.6 Å². The summed E-state index contributed by atoms with van der Waals surface area (Å²) in [6.45, 7) is 7.90. The van der Waals surface area contributed by atoms with E-state index in [1.807, 2.05) is 25.3 Å². The second-order valence-corrected chi connectivity index (χ2v) is 12.5. The van der Waals surface area contributed by atoms with Gasteiger partial charge in [0, 0.05) is 18.2 Å². The first kappa shape index (κ1) is 21.1. The Morgan fingerprint density at radius 3 is 2.83 bits per heavy atom. The van der Waals surface area contributed by atoms with Crippen LogP contribution in [-0.2, 0) is 18.6 Å². The minimum absolute atomic E-state index is 0.0212. The van der Waals surface area contributed by atoms with E-state index in [0.717, 1.165) is 12.8 Å². The zero-order valence-electron chi connectivity index (χ0n) is 17.3. The van der Waals surface area contributed by atoms with Crippen LogP contribution in [0.5, 0.6) is 0 Å². The van der Waals surface area contributed by atoms with Crippen molar-refractivity contribution in [2.75, 3.05) is 19.4 Å². The number of ether oxygens (including phenoxy) is 2. The fourth-order valence-corrected chi connectivity index (χ4v) is 7.38. The predicted molar refractivity (Wildman–Crippen MR) is 113 cm³/mol. The van der Waals surface area contributed by atoms with Crippen molar-refractivity contribution in [3.05, 3.63) is 16.8 Å². The summed E-state index contributed by atoms with van der Waals surface area (Å²) in [6.07, 6.45) is 3.75. The van der Waals surface area contributed by atoms with Gasteiger partial charge < -0.3 is 18.6 Å². The molecule has 11 heteroatoms. The van der Waals surface area contributed by atoms with Gasteiger partial charge in [-0.25, -0.2) is 9.97 Å². The molecule has 6 atom stereocenters. The Kier molecular flexibility index (Phi) is 4.83. The average molecular weight is 475 g/mol. The van der Waals surface area contributed by atoms with Crippen LogP contribution >= 0.6 is 30.6 Å². The highest BCUT2D eigenvalue weighted by molar-refractivity contribution is 7.58. The first-order valence-corrected chi connectivity index (χ1v) is 13.2. The summed E-state index contributed by atoms with van der Waals surface area (Å²) in [7, 11) is -2.63. The van der Waals surface area contributed by atoms with E-state index in [0.29, 0.717) is 29.9 Å². The van der Waals surface area contributed by atoms with Gasteiger partial charge in [-0.2, -0.15) is 4.98 Å². The topological polar surface area (TPSA) is 88.4 Å². The number of halogens is 2. The van der Waals surface area contributed by atoms with E-state index < -0.39 is 13.2 Å². The fraction of sp³-hybridized carbons (Fsp3) is 0.737. The van der Waals surface area contributed by atoms with E-state index in [4.69, 9.17) is 37.2 Å². The Bertz CT molecular complexity index is 1060. The lowest BCUT2D eigenvalue weighted by atomic mass is 9.96. The molecule has 8 nitrogen and oxygen atoms in total. The number of hydrogen-bond acceptors (Lipinski definition) is 7. The van der Waals surface area contributed by atoms with E-state index in [9.17, 15) is 4.57 Å². The van der Waals surface area contributed by atoms with Gasteiger partial charge >= 0.3 is 0 Å². The molecule has 0 aromatic carbocycles. The molecule has 0 radical (unpaired) electrons. The molecule has 2 saturated carbocycles. The summed E-state index contributed by atoms with van der Waals surface area (Å²) >= 11 is 12.3. The minimum Gasteiger partial charge on any atom is -0.344 e. The molecule has 2 aliphatic carbocycles. The maximum Gasteiger partial charge on any atom is 0.225 e. The average Bonchev–Trinajstić information content (AvgIpc) is 2.90. The van der Waals surface area contributed by atoms with E-state index in [-0.39, 0.29) is 34.1 Å². The van der Waals surface area contributed by atoms with Crippen LogP contribution in [0, 0.1) is 11.3 Å². The van der Waals surface area contributed by atoms with Crippen LogP contribution in [0.3, 0.4) is 0 Å². The van der Waals surface area contributed by atoms with Crippen LogP contribution in [0.2, 0.25) is 10.4 Å². The Hall–Kier alpha value is -0.760. The number of fused-ring (bicyclic) bond motifs is 4. The maximum absolute atomic E-state index is 12.8. The number of nitrogens with zero attached hydrogens (tertiary/aromatic N) is 4. The SMILES string of the molecule is CCOP(C)(=O)CC[C@@]12C[C@@H]1[C@@H](n1cnc3c(Cl)nc(Cl)nc31)[C@@H]1OC(C)(C)O[C@@H]12. The zero-order valence-corrected chi connectivity index (χ0v) is 19.7. The monoisotopic (exact) mass is 474 g/mol. The van der Waals surface area contributed by atoms with Crippen molar-refractivity contribution in [2.24, 2.45) is 11.3 Å². The lowest BCUT2D eigenvalue weighted by Crippen LogP contribution is -2.32. The first-order chi connectivity index (χ1) is 14.1. The standard InChI is InChI=1S/C19H25Cl2N4O4P/c1-5-27-30(4,26)7-6-19-8-10(19)12(13-14(19)29-18(2,3)28-13)25-9-22-11-15(20)23-17(21)24-16(11)25/h9-10,12-14H,5-8H2,1-4H3/t10-,12-,13+,14+,19-,30?/m1/s1. The van der Waals surface area contributed by atoms with Gasteiger partial charge in [-0.15, -0.1) is 0 Å². The van der Waals surface area contributed by atoms with Crippen molar-refractivity contribution < 1.29 is 18.6 Å². The molecule has 1 unspecified atom stereocenters. The van der Waals surface area contributed by atoms with Crippen molar-refractivity contribution in [3.63, 3.8) is 0 Å². The van der Waals surface area contributed by atoms with Crippen LogP contribution in [0.25, 0.3) is 11.2 Å².